The molecule has 3 nitrogen and oxygen atoms in total. The average Bonchev–Trinajstić information content (AvgIpc) is 2.92. The summed E-state index contributed by atoms with van der Waals surface area (Å²) in [6.07, 6.45) is 3.81. The molecule has 3 rings (SSSR count). The molecule has 0 unspecified atom stereocenters. The van der Waals surface area contributed by atoms with Crippen LogP contribution < -0.4 is 0 Å². The first-order chi connectivity index (χ1) is 10.1. The van der Waals surface area contributed by atoms with Gasteiger partial charge in [0.15, 0.2) is 17.4 Å². The molecule has 0 amide bonds. The Morgan fingerprint density at radius 1 is 1.14 bits per heavy atom. The molecule has 1 aromatic rings. The van der Waals surface area contributed by atoms with Crippen molar-refractivity contribution in [1.82, 2.24) is 4.90 Å². The lowest BCUT2D eigenvalue weighted by molar-refractivity contribution is -0.183. The second kappa shape index (κ2) is 5.99. The number of rotatable bonds is 3. The largest absolute Gasteiger partial charge is 0.348 e. The van der Waals surface area contributed by atoms with Gasteiger partial charge >= 0.3 is 0 Å². The van der Waals surface area contributed by atoms with Gasteiger partial charge in [-0.25, -0.2) is 8.78 Å². The van der Waals surface area contributed by atoms with E-state index >= 15 is 0 Å². The van der Waals surface area contributed by atoms with Crippen molar-refractivity contribution in [3.8, 4) is 0 Å². The van der Waals surface area contributed by atoms with Crippen molar-refractivity contribution in [2.75, 3.05) is 20.3 Å². The number of benzene rings is 1. The maximum atomic E-state index is 13.2. The zero-order chi connectivity index (χ0) is 14.9. The van der Waals surface area contributed by atoms with E-state index in [2.05, 4.69) is 4.90 Å². The Balaban J connectivity index is 1.56. The second-order valence-corrected chi connectivity index (χ2v) is 6.00. The molecule has 0 atom stereocenters. The summed E-state index contributed by atoms with van der Waals surface area (Å²) in [4.78, 5) is 2.20. The van der Waals surface area contributed by atoms with Gasteiger partial charge < -0.3 is 9.47 Å². The number of halogens is 2. The van der Waals surface area contributed by atoms with E-state index in [-0.39, 0.29) is 5.79 Å². The predicted molar refractivity (Wildman–Crippen MR) is 74.7 cm³/mol. The molecule has 0 N–H and O–H groups in total. The fraction of sp³-hybridized carbons (Fsp3) is 0.625. The van der Waals surface area contributed by atoms with Crippen molar-refractivity contribution >= 4 is 0 Å². The smallest absolute Gasteiger partial charge is 0.168 e. The van der Waals surface area contributed by atoms with Crippen LogP contribution in [0.2, 0.25) is 0 Å². The van der Waals surface area contributed by atoms with E-state index < -0.39 is 11.6 Å². The molecule has 2 fully saturated rings. The van der Waals surface area contributed by atoms with E-state index in [1.54, 1.807) is 6.07 Å². The first-order valence-electron chi connectivity index (χ1n) is 7.50. The second-order valence-electron chi connectivity index (χ2n) is 6.00. The van der Waals surface area contributed by atoms with Crippen molar-refractivity contribution in [3.05, 3.63) is 35.4 Å². The van der Waals surface area contributed by atoms with Gasteiger partial charge in [0.05, 0.1) is 13.2 Å². The van der Waals surface area contributed by atoms with E-state index in [1.807, 2.05) is 7.05 Å². The molecule has 5 heteroatoms. The monoisotopic (exact) mass is 297 g/mol. The molecule has 1 saturated carbocycles. The quantitative estimate of drug-likeness (QED) is 0.856. The fourth-order valence-electron chi connectivity index (χ4n) is 3.32. The molecule has 0 bridgehead atoms. The molecule has 1 saturated heterocycles. The van der Waals surface area contributed by atoms with Crippen LogP contribution in [0.4, 0.5) is 8.78 Å². The first-order valence-corrected chi connectivity index (χ1v) is 7.50. The fourth-order valence-corrected chi connectivity index (χ4v) is 3.32. The van der Waals surface area contributed by atoms with Crippen LogP contribution in [0.25, 0.3) is 0 Å². The highest BCUT2D eigenvalue weighted by atomic mass is 19.2. The molecule has 1 aliphatic heterocycles. The third-order valence-corrected chi connectivity index (χ3v) is 4.57. The van der Waals surface area contributed by atoms with E-state index in [9.17, 15) is 8.78 Å². The lowest BCUT2D eigenvalue weighted by Crippen LogP contribution is -2.42. The predicted octanol–water partition coefficient (Wildman–Crippen LogP) is 3.08. The van der Waals surface area contributed by atoms with E-state index in [4.69, 9.17) is 9.47 Å². The van der Waals surface area contributed by atoms with Gasteiger partial charge in [0.25, 0.3) is 0 Å². The van der Waals surface area contributed by atoms with Crippen LogP contribution in [0, 0.1) is 11.6 Å². The van der Waals surface area contributed by atoms with Crippen LogP contribution in [0.15, 0.2) is 18.2 Å². The molecule has 116 valence electrons. The van der Waals surface area contributed by atoms with Gasteiger partial charge in [0.2, 0.25) is 0 Å². The van der Waals surface area contributed by atoms with Gasteiger partial charge in [0, 0.05) is 25.4 Å². The highest BCUT2D eigenvalue weighted by molar-refractivity contribution is 5.17. The Hall–Kier alpha value is -1.04. The van der Waals surface area contributed by atoms with Gasteiger partial charge in [-0.1, -0.05) is 6.07 Å². The maximum absolute atomic E-state index is 13.2. The van der Waals surface area contributed by atoms with Crippen molar-refractivity contribution in [2.24, 2.45) is 0 Å². The Morgan fingerprint density at radius 3 is 2.43 bits per heavy atom. The minimum atomic E-state index is -0.795. The summed E-state index contributed by atoms with van der Waals surface area (Å²) < 4.78 is 37.6. The Labute approximate surface area is 123 Å². The zero-order valence-electron chi connectivity index (χ0n) is 12.3. The number of hydrogen-bond acceptors (Lipinski definition) is 3. The number of hydrogen-bond donors (Lipinski definition) is 0. The highest BCUT2D eigenvalue weighted by Gasteiger charge is 2.40. The molecular formula is C16H21F2NO2. The molecule has 1 heterocycles. The molecule has 0 aromatic heterocycles. The number of nitrogens with zero attached hydrogens (tertiary/aromatic N) is 1. The summed E-state index contributed by atoms with van der Waals surface area (Å²) in [5, 5.41) is 0. The van der Waals surface area contributed by atoms with Gasteiger partial charge in [-0.05, 0) is 37.6 Å². The van der Waals surface area contributed by atoms with E-state index in [1.165, 1.54) is 12.1 Å². The lowest BCUT2D eigenvalue weighted by Gasteiger charge is -2.39. The summed E-state index contributed by atoms with van der Waals surface area (Å²) in [6.45, 7) is 2.00. The molecule has 0 radical (unpaired) electrons. The molecule has 1 aromatic carbocycles. The summed E-state index contributed by atoms with van der Waals surface area (Å²) in [5.41, 5.74) is 0.796. The molecule has 2 aliphatic rings. The summed E-state index contributed by atoms with van der Waals surface area (Å²) >= 11 is 0. The first kappa shape index (κ1) is 14.9. The normalized spacial score (nSPS) is 22.3. The van der Waals surface area contributed by atoms with Gasteiger partial charge in [-0.15, -0.1) is 0 Å². The summed E-state index contributed by atoms with van der Waals surface area (Å²) in [6, 6.07) is 4.53. The number of ether oxygens (including phenoxy) is 2. The van der Waals surface area contributed by atoms with Crippen molar-refractivity contribution in [1.29, 1.82) is 0 Å². The molecular weight excluding hydrogens is 276 g/mol. The van der Waals surface area contributed by atoms with Crippen LogP contribution in [0.3, 0.4) is 0 Å². The molecule has 1 aliphatic carbocycles. The van der Waals surface area contributed by atoms with Gasteiger partial charge in [-0.2, -0.15) is 0 Å². The Kier molecular flexibility index (Phi) is 4.24. The van der Waals surface area contributed by atoms with E-state index in [0.717, 1.165) is 31.2 Å². The summed E-state index contributed by atoms with van der Waals surface area (Å²) in [5.74, 6) is -1.92. The average molecular weight is 297 g/mol. The van der Waals surface area contributed by atoms with Crippen LogP contribution in [-0.4, -0.2) is 37.0 Å². The van der Waals surface area contributed by atoms with Crippen molar-refractivity contribution in [3.63, 3.8) is 0 Å². The SMILES string of the molecule is CN(Cc1ccc(F)c(F)c1)C1CCC2(CC1)OCCO2. The minimum absolute atomic E-state index is 0.348. The van der Waals surface area contributed by atoms with Crippen molar-refractivity contribution in [2.45, 2.75) is 44.1 Å². The standard InChI is InChI=1S/C16H21F2NO2/c1-19(11-12-2-3-14(17)15(18)10-12)13-4-6-16(7-5-13)20-8-9-21-16/h2-3,10,13H,4-9,11H2,1H3. The summed E-state index contributed by atoms with van der Waals surface area (Å²) in [7, 11) is 2.03. The van der Waals surface area contributed by atoms with Crippen LogP contribution in [0.1, 0.15) is 31.2 Å². The Bertz CT molecular complexity index is 493. The van der Waals surface area contributed by atoms with E-state index in [0.29, 0.717) is 25.8 Å². The topological polar surface area (TPSA) is 21.7 Å². The van der Waals surface area contributed by atoms with Gasteiger partial charge in [-0.3, -0.25) is 4.90 Å². The highest BCUT2D eigenvalue weighted by Crippen LogP contribution is 2.37. The van der Waals surface area contributed by atoms with Gasteiger partial charge in [0.1, 0.15) is 0 Å². The third-order valence-electron chi connectivity index (χ3n) is 4.57. The molecule has 1 spiro atoms. The minimum Gasteiger partial charge on any atom is -0.348 e. The maximum Gasteiger partial charge on any atom is 0.168 e. The Morgan fingerprint density at radius 2 is 1.81 bits per heavy atom. The third kappa shape index (κ3) is 3.25. The van der Waals surface area contributed by atoms with Crippen LogP contribution in [-0.2, 0) is 16.0 Å². The van der Waals surface area contributed by atoms with Crippen molar-refractivity contribution < 1.29 is 18.3 Å². The van der Waals surface area contributed by atoms with Crippen LogP contribution >= 0.6 is 0 Å². The molecule has 21 heavy (non-hydrogen) atoms. The lowest BCUT2D eigenvalue weighted by atomic mass is 9.89. The zero-order valence-corrected chi connectivity index (χ0v) is 12.3. The van der Waals surface area contributed by atoms with Crippen LogP contribution in [0.5, 0.6) is 0 Å².